The molecule has 0 aliphatic carbocycles. The Labute approximate surface area is 197 Å². The zero-order chi connectivity index (χ0) is 23.9. The second kappa shape index (κ2) is 12.1. The summed E-state index contributed by atoms with van der Waals surface area (Å²) in [7, 11) is 0. The van der Waals surface area contributed by atoms with Gasteiger partial charge in [-0.2, -0.15) is 0 Å². The van der Waals surface area contributed by atoms with Crippen LogP contribution in [0.4, 0.5) is 8.78 Å². The van der Waals surface area contributed by atoms with E-state index in [2.05, 4.69) is 5.18 Å². The van der Waals surface area contributed by atoms with Gasteiger partial charge in [-0.1, -0.05) is 30.7 Å². The summed E-state index contributed by atoms with van der Waals surface area (Å²) in [4.78, 5) is 11.7. The Hall–Kier alpha value is -1.54. The van der Waals surface area contributed by atoms with E-state index < -0.39 is 23.5 Å². The summed E-state index contributed by atoms with van der Waals surface area (Å²) in [6, 6.07) is 9.19. The molecule has 2 unspecified atom stereocenters. The van der Waals surface area contributed by atoms with Crippen LogP contribution in [0.1, 0.15) is 47.0 Å². The van der Waals surface area contributed by atoms with Gasteiger partial charge in [0.05, 0.1) is 17.7 Å². The van der Waals surface area contributed by atoms with Crippen LogP contribution >= 0.6 is 23.4 Å². The number of nitrogens with zero attached hydrogens (tertiary/aromatic N) is 1. The van der Waals surface area contributed by atoms with E-state index in [1.165, 1.54) is 12.1 Å². The fourth-order valence-corrected chi connectivity index (χ4v) is 4.83. The molecule has 2 rings (SSSR count). The molecule has 2 aromatic rings. The van der Waals surface area contributed by atoms with Crippen LogP contribution in [0.5, 0.6) is 0 Å². The molecular weight excluding hydrogens is 456 g/mol. The van der Waals surface area contributed by atoms with Gasteiger partial charge in [0.25, 0.3) is 0 Å². The molecule has 0 fully saturated rings. The number of hydrogen-bond acceptors (Lipinski definition) is 5. The molecule has 0 saturated heterocycles. The van der Waals surface area contributed by atoms with Crippen LogP contribution in [-0.2, 0) is 4.74 Å². The third-order valence-corrected chi connectivity index (χ3v) is 6.79. The molecule has 4 nitrogen and oxygen atoms in total. The smallest absolute Gasteiger partial charge is 0.194 e. The second-order valence-electron chi connectivity index (χ2n) is 8.63. The van der Waals surface area contributed by atoms with Crippen LogP contribution in [0, 0.1) is 22.5 Å². The number of aliphatic hydroxyl groups excluding tert-OH is 1. The quantitative estimate of drug-likeness (QED) is 0.250. The van der Waals surface area contributed by atoms with Gasteiger partial charge in [0.15, 0.2) is 17.4 Å². The normalized spacial score (nSPS) is 14.8. The van der Waals surface area contributed by atoms with E-state index in [4.69, 9.17) is 16.3 Å². The molecule has 0 bridgehead atoms. The maximum absolute atomic E-state index is 13.7. The zero-order valence-electron chi connectivity index (χ0n) is 18.8. The molecule has 0 aliphatic heterocycles. The van der Waals surface area contributed by atoms with Crippen molar-refractivity contribution < 1.29 is 18.6 Å². The highest BCUT2D eigenvalue weighted by molar-refractivity contribution is 8.00. The average molecular weight is 486 g/mol. The summed E-state index contributed by atoms with van der Waals surface area (Å²) in [5.74, 6) is -1.64. The van der Waals surface area contributed by atoms with E-state index in [-0.39, 0.29) is 11.2 Å². The van der Waals surface area contributed by atoms with Gasteiger partial charge >= 0.3 is 0 Å². The first-order valence-electron chi connectivity index (χ1n) is 10.6. The number of nitroso groups, excluding NO2 is 1. The maximum atomic E-state index is 13.7. The predicted molar refractivity (Wildman–Crippen MR) is 127 cm³/mol. The molecule has 8 heteroatoms. The van der Waals surface area contributed by atoms with Crippen LogP contribution in [0.25, 0.3) is 11.1 Å². The third-order valence-electron chi connectivity index (χ3n) is 4.99. The summed E-state index contributed by atoms with van der Waals surface area (Å²) in [6.07, 6.45) is 1.74. The number of aliphatic hydroxyl groups is 1. The van der Waals surface area contributed by atoms with Gasteiger partial charge in [-0.05, 0) is 86.5 Å². The van der Waals surface area contributed by atoms with Crippen molar-refractivity contribution in [3.05, 3.63) is 58.0 Å². The molecule has 32 heavy (non-hydrogen) atoms. The minimum absolute atomic E-state index is 0.133. The van der Waals surface area contributed by atoms with Gasteiger partial charge in [0.1, 0.15) is 0 Å². The van der Waals surface area contributed by atoms with Crippen molar-refractivity contribution in [1.29, 1.82) is 0 Å². The number of rotatable bonds is 12. The van der Waals surface area contributed by atoms with E-state index in [1.54, 1.807) is 44.7 Å². The van der Waals surface area contributed by atoms with Gasteiger partial charge in [0, 0.05) is 10.1 Å². The van der Waals surface area contributed by atoms with Crippen LogP contribution in [-0.4, -0.2) is 28.8 Å². The number of halogens is 3. The lowest BCUT2D eigenvalue weighted by Gasteiger charge is -2.24. The first-order valence-corrected chi connectivity index (χ1v) is 11.8. The van der Waals surface area contributed by atoms with E-state index in [0.29, 0.717) is 23.6 Å². The Kier molecular flexibility index (Phi) is 10.1. The summed E-state index contributed by atoms with van der Waals surface area (Å²) >= 11 is 8.04. The highest BCUT2D eigenvalue weighted by Gasteiger charge is 2.22. The van der Waals surface area contributed by atoms with Crippen LogP contribution in [0.3, 0.4) is 0 Å². The fraction of sp³-hybridized carbons (Fsp3) is 0.500. The van der Waals surface area contributed by atoms with E-state index in [0.717, 1.165) is 29.4 Å². The Balaban J connectivity index is 2.18. The lowest BCUT2D eigenvalue weighted by molar-refractivity contribution is -0.0288. The summed E-state index contributed by atoms with van der Waals surface area (Å²) in [6.45, 7) is 7.42. The van der Waals surface area contributed by atoms with Crippen molar-refractivity contribution >= 4 is 23.4 Å². The maximum Gasteiger partial charge on any atom is 0.194 e. The topological polar surface area (TPSA) is 58.9 Å². The van der Waals surface area contributed by atoms with Gasteiger partial charge < -0.3 is 9.84 Å². The van der Waals surface area contributed by atoms with E-state index in [9.17, 15) is 18.8 Å². The molecule has 1 N–H and O–H groups in total. The Morgan fingerprint density at radius 2 is 1.75 bits per heavy atom. The van der Waals surface area contributed by atoms with Crippen molar-refractivity contribution in [2.75, 3.05) is 6.61 Å². The lowest BCUT2D eigenvalue weighted by atomic mass is 10.0. The summed E-state index contributed by atoms with van der Waals surface area (Å²) in [5, 5.41) is 13.4. The molecule has 0 amide bonds. The van der Waals surface area contributed by atoms with Gasteiger partial charge in [-0.25, -0.2) is 8.78 Å². The van der Waals surface area contributed by atoms with Crippen molar-refractivity contribution in [2.45, 2.75) is 68.9 Å². The van der Waals surface area contributed by atoms with Crippen LogP contribution in [0.15, 0.2) is 46.5 Å². The van der Waals surface area contributed by atoms with Gasteiger partial charge in [-0.15, -0.1) is 16.7 Å². The first kappa shape index (κ1) is 26.7. The molecule has 0 heterocycles. The molecule has 3 atom stereocenters. The second-order valence-corrected chi connectivity index (χ2v) is 10.4. The van der Waals surface area contributed by atoms with Gasteiger partial charge in [-0.3, -0.25) is 0 Å². The first-order chi connectivity index (χ1) is 15.0. The standard InChI is InChI=1S/C24H30ClF2NO3S/c1-15(14-31-24(3,4)28-30)11-19(8-5-16(2)29)32-23-13-18(6-9-20(23)25)17-7-10-21(26)22(27)12-17/h6-7,9-10,12-13,15-16,19,29H,5,8,11,14H2,1-4H3/t15?,16?,19-/m0/s1. The van der Waals surface area contributed by atoms with Crippen molar-refractivity contribution in [2.24, 2.45) is 11.1 Å². The van der Waals surface area contributed by atoms with Crippen molar-refractivity contribution in [3.8, 4) is 11.1 Å². The summed E-state index contributed by atoms with van der Waals surface area (Å²) < 4.78 is 32.6. The zero-order valence-corrected chi connectivity index (χ0v) is 20.4. The minimum Gasteiger partial charge on any atom is -0.393 e. The van der Waals surface area contributed by atoms with Gasteiger partial charge in [0.2, 0.25) is 0 Å². The Morgan fingerprint density at radius 3 is 2.38 bits per heavy atom. The number of hydrogen-bond donors (Lipinski definition) is 1. The minimum atomic E-state index is -1.07. The van der Waals surface area contributed by atoms with Crippen LogP contribution < -0.4 is 0 Å². The molecule has 0 spiro atoms. The molecule has 0 saturated carbocycles. The van der Waals surface area contributed by atoms with Crippen molar-refractivity contribution in [3.63, 3.8) is 0 Å². The van der Waals surface area contributed by atoms with Crippen LogP contribution in [0.2, 0.25) is 5.02 Å². The highest BCUT2D eigenvalue weighted by Crippen LogP contribution is 2.38. The van der Waals surface area contributed by atoms with Crippen molar-refractivity contribution in [1.82, 2.24) is 0 Å². The number of benzene rings is 2. The number of ether oxygens (including phenoxy) is 1. The fourth-order valence-electron chi connectivity index (χ4n) is 3.17. The SMILES string of the molecule is CC(O)CC[C@@H](CC(C)COC(C)(C)N=O)Sc1cc(-c2ccc(F)c(F)c2)ccc1Cl. The molecule has 0 aliphatic rings. The third kappa shape index (κ3) is 8.43. The highest BCUT2D eigenvalue weighted by atomic mass is 35.5. The van der Waals surface area contributed by atoms with E-state index in [1.807, 2.05) is 13.0 Å². The average Bonchev–Trinajstić information content (AvgIpc) is 2.74. The Morgan fingerprint density at radius 1 is 1.09 bits per heavy atom. The molecule has 2 aromatic carbocycles. The Bertz CT molecular complexity index is 911. The largest absolute Gasteiger partial charge is 0.393 e. The summed E-state index contributed by atoms with van der Waals surface area (Å²) in [5.41, 5.74) is 0.229. The number of thioether (sulfide) groups is 1. The molecule has 176 valence electrons. The molecule has 0 radical (unpaired) electrons. The van der Waals surface area contributed by atoms with E-state index >= 15 is 0 Å². The predicted octanol–water partition coefficient (Wildman–Crippen LogP) is 7.45. The molecular formula is C24H30ClF2NO3S. The lowest BCUT2D eigenvalue weighted by Crippen LogP contribution is -2.25. The monoisotopic (exact) mass is 485 g/mol. The molecule has 0 aromatic heterocycles.